The van der Waals surface area contributed by atoms with Crippen LogP contribution in [0.5, 0.6) is 0 Å². The maximum absolute atomic E-state index is 12.6. The number of hydrazine groups is 1. The topological polar surface area (TPSA) is 93.2 Å². The minimum atomic E-state index is -0.276. The van der Waals surface area contributed by atoms with E-state index < -0.39 is 0 Å². The van der Waals surface area contributed by atoms with Crippen LogP contribution in [0.3, 0.4) is 0 Å². The van der Waals surface area contributed by atoms with Crippen LogP contribution in [0.2, 0.25) is 0 Å². The number of nitrogens with one attached hydrogen (secondary N) is 2. The minimum Gasteiger partial charge on any atom is -0.458 e. The van der Waals surface area contributed by atoms with Crippen LogP contribution in [0.4, 0.5) is 0 Å². The van der Waals surface area contributed by atoms with Gasteiger partial charge in [-0.1, -0.05) is 31.6 Å². The fourth-order valence-electron chi connectivity index (χ4n) is 7.89. The summed E-state index contributed by atoms with van der Waals surface area (Å²) in [6, 6.07) is 7.06. The van der Waals surface area contributed by atoms with Crippen LogP contribution >= 0.6 is 0 Å². The summed E-state index contributed by atoms with van der Waals surface area (Å²) >= 11 is 0. The molecule has 6 atom stereocenters. The van der Waals surface area contributed by atoms with Crippen molar-refractivity contribution in [2.45, 2.75) is 64.9 Å². The summed E-state index contributed by atoms with van der Waals surface area (Å²) in [5.41, 5.74) is 10.1. The van der Waals surface area contributed by atoms with Crippen LogP contribution in [0.25, 0.3) is 0 Å². The molecule has 2 aromatic heterocycles. The number of nitrogens with zero attached hydrogens (tertiary/aromatic N) is 2. The maximum Gasteiger partial charge on any atom is 0.339 e. The Balaban J connectivity index is 1.12. The summed E-state index contributed by atoms with van der Waals surface area (Å²) in [4.78, 5) is 33.3. The molecule has 0 aliphatic heterocycles. The first-order valence-electron chi connectivity index (χ1n) is 13.9. The first-order chi connectivity index (χ1) is 18.4. The van der Waals surface area contributed by atoms with Crippen molar-refractivity contribution >= 4 is 11.9 Å². The number of fused-ring (bicyclic) bond motifs is 5. The fraction of sp³-hybridized carbons (Fsp3) is 0.484. The number of amides is 1. The summed E-state index contributed by atoms with van der Waals surface area (Å²) in [5, 5.41) is 0. The summed E-state index contributed by atoms with van der Waals surface area (Å²) < 4.78 is 5.91. The average molecular weight is 513 g/mol. The molecule has 0 aromatic carbocycles. The molecular formula is C31H36N4O3. The van der Waals surface area contributed by atoms with Crippen LogP contribution in [-0.2, 0) is 4.74 Å². The van der Waals surface area contributed by atoms with Crippen molar-refractivity contribution in [1.82, 2.24) is 20.8 Å². The zero-order valence-electron chi connectivity index (χ0n) is 22.2. The molecule has 4 aliphatic carbocycles. The van der Waals surface area contributed by atoms with Gasteiger partial charge >= 0.3 is 5.97 Å². The lowest BCUT2D eigenvalue weighted by Crippen LogP contribution is -2.52. The van der Waals surface area contributed by atoms with Gasteiger partial charge in [0.15, 0.2) is 0 Å². The van der Waals surface area contributed by atoms with Crippen molar-refractivity contribution < 1.29 is 14.3 Å². The first kappa shape index (κ1) is 24.8. The van der Waals surface area contributed by atoms with Gasteiger partial charge in [0.2, 0.25) is 0 Å². The van der Waals surface area contributed by atoms with E-state index in [2.05, 4.69) is 46.8 Å². The van der Waals surface area contributed by atoms with E-state index in [-0.39, 0.29) is 28.8 Å². The molecule has 2 heterocycles. The lowest BCUT2D eigenvalue weighted by atomic mass is 9.48. The Bertz CT molecular complexity index is 1280. The van der Waals surface area contributed by atoms with Gasteiger partial charge in [0, 0.05) is 42.3 Å². The number of carbonyl (C=O) groups is 2. The smallest absolute Gasteiger partial charge is 0.339 e. The number of hydrogen-bond donors (Lipinski definition) is 2. The Morgan fingerprint density at radius 1 is 0.921 bits per heavy atom. The van der Waals surface area contributed by atoms with Gasteiger partial charge in [-0.15, -0.1) is 0 Å². The fourth-order valence-corrected chi connectivity index (χ4v) is 7.89. The molecule has 0 saturated heterocycles. The molecule has 0 unspecified atom stereocenters. The van der Waals surface area contributed by atoms with Gasteiger partial charge in [-0.05, 0) is 86.0 Å². The number of pyridine rings is 2. The Morgan fingerprint density at radius 3 is 2.39 bits per heavy atom. The second-order valence-corrected chi connectivity index (χ2v) is 11.9. The predicted octanol–water partition coefficient (Wildman–Crippen LogP) is 5.39. The predicted molar refractivity (Wildman–Crippen MR) is 143 cm³/mol. The second-order valence-electron chi connectivity index (χ2n) is 11.9. The molecule has 198 valence electrons. The van der Waals surface area contributed by atoms with E-state index in [1.54, 1.807) is 49.1 Å². The molecule has 2 N–H and O–H groups in total. The summed E-state index contributed by atoms with van der Waals surface area (Å²) in [5.74, 6) is 1.35. The second kappa shape index (κ2) is 9.68. The maximum atomic E-state index is 12.6. The molecule has 38 heavy (non-hydrogen) atoms. The standard InChI is InChI=1S/C31H36N4O3/c1-30-13-11-23(38-29(37)21-6-4-16-33-19-21)17-22(30)7-8-24-25-9-10-27(31(25,2)14-12-26(24)30)34-35-28(36)20-5-3-15-32-18-20/h3-7,10,15-16,18-19,23-26,34H,8-9,11-14,17H2,1-2H3,(H,35,36)/t23-,24+,25-,26+,30+,31-/m1/s1. The van der Waals surface area contributed by atoms with Gasteiger partial charge in [-0.25, -0.2) is 4.79 Å². The molecule has 7 heteroatoms. The summed E-state index contributed by atoms with van der Waals surface area (Å²) in [7, 11) is 0. The molecule has 7 nitrogen and oxygen atoms in total. The van der Waals surface area contributed by atoms with Crippen molar-refractivity contribution in [3.63, 3.8) is 0 Å². The third kappa shape index (κ3) is 4.22. The lowest BCUT2D eigenvalue weighted by molar-refractivity contribution is -0.0366. The van der Waals surface area contributed by atoms with E-state index in [1.807, 2.05) is 0 Å². The number of aromatic nitrogens is 2. The Morgan fingerprint density at radius 2 is 1.66 bits per heavy atom. The van der Waals surface area contributed by atoms with Crippen molar-refractivity contribution in [2.24, 2.45) is 28.6 Å². The average Bonchev–Trinajstić information content (AvgIpc) is 3.29. The third-order valence-electron chi connectivity index (χ3n) is 10.0. The Kier molecular flexibility index (Phi) is 6.33. The van der Waals surface area contributed by atoms with Gasteiger partial charge in [0.1, 0.15) is 6.10 Å². The van der Waals surface area contributed by atoms with Gasteiger partial charge in [0.05, 0.1) is 11.1 Å². The third-order valence-corrected chi connectivity index (χ3v) is 10.0. The molecular weight excluding hydrogens is 476 g/mol. The highest BCUT2D eigenvalue weighted by Crippen LogP contribution is 2.64. The van der Waals surface area contributed by atoms with Crippen LogP contribution < -0.4 is 10.9 Å². The van der Waals surface area contributed by atoms with Crippen molar-refractivity contribution in [2.75, 3.05) is 0 Å². The van der Waals surface area contributed by atoms with E-state index in [9.17, 15) is 9.59 Å². The van der Waals surface area contributed by atoms with Crippen molar-refractivity contribution in [3.8, 4) is 0 Å². The van der Waals surface area contributed by atoms with Gasteiger partial charge in [-0.3, -0.25) is 20.2 Å². The number of carbonyl (C=O) groups excluding carboxylic acids is 2. The van der Waals surface area contributed by atoms with Gasteiger partial charge in [-0.2, -0.15) is 0 Å². The van der Waals surface area contributed by atoms with E-state index in [0.29, 0.717) is 28.9 Å². The van der Waals surface area contributed by atoms with Crippen LogP contribution in [-0.4, -0.2) is 27.9 Å². The number of allylic oxidation sites excluding steroid dienone is 3. The molecule has 2 fully saturated rings. The van der Waals surface area contributed by atoms with Crippen LogP contribution in [0.15, 0.2) is 72.5 Å². The highest BCUT2D eigenvalue weighted by Gasteiger charge is 2.57. The summed E-state index contributed by atoms with van der Waals surface area (Å²) in [6.07, 6.45) is 18.3. The molecule has 0 bridgehead atoms. The van der Waals surface area contributed by atoms with E-state index in [0.717, 1.165) is 44.2 Å². The highest BCUT2D eigenvalue weighted by atomic mass is 16.5. The number of hydrogen-bond acceptors (Lipinski definition) is 6. The highest BCUT2D eigenvalue weighted by molar-refractivity contribution is 5.93. The lowest BCUT2D eigenvalue weighted by Gasteiger charge is -2.57. The van der Waals surface area contributed by atoms with E-state index in [1.165, 1.54) is 12.0 Å². The largest absolute Gasteiger partial charge is 0.458 e. The quantitative estimate of drug-likeness (QED) is 0.317. The monoisotopic (exact) mass is 512 g/mol. The number of rotatable bonds is 5. The number of ether oxygens (including phenoxy) is 1. The molecule has 0 radical (unpaired) electrons. The molecule has 4 aliphatic rings. The Labute approximate surface area is 224 Å². The summed E-state index contributed by atoms with van der Waals surface area (Å²) in [6.45, 7) is 4.82. The SMILES string of the molecule is C[C@@]12CC[C@H]3[C@@H](CC=C4C[C@H](OC(=O)c5cccnc5)CC[C@@]43C)[C@H]1CC=C2NNC(=O)c1cccnc1. The van der Waals surface area contributed by atoms with Crippen LogP contribution in [0.1, 0.15) is 79.5 Å². The van der Waals surface area contributed by atoms with Crippen LogP contribution in [0, 0.1) is 28.6 Å². The van der Waals surface area contributed by atoms with E-state index in [4.69, 9.17) is 4.74 Å². The molecule has 2 saturated carbocycles. The first-order valence-corrected chi connectivity index (χ1v) is 13.9. The number of esters is 1. The van der Waals surface area contributed by atoms with Crippen molar-refractivity contribution in [3.05, 3.63) is 83.6 Å². The van der Waals surface area contributed by atoms with E-state index >= 15 is 0 Å². The van der Waals surface area contributed by atoms with Gasteiger partial charge < -0.3 is 10.2 Å². The minimum absolute atomic E-state index is 0.0293. The zero-order valence-corrected chi connectivity index (χ0v) is 22.2. The normalized spacial score (nSPS) is 33.5. The molecule has 6 rings (SSSR count). The zero-order chi connectivity index (χ0) is 26.3. The molecule has 2 aromatic rings. The van der Waals surface area contributed by atoms with Crippen molar-refractivity contribution in [1.29, 1.82) is 0 Å². The molecule has 0 spiro atoms. The Hall–Kier alpha value is -3.48. The van der Waals surface area contributed by atoms with Gasteiger partial charge in [0.25, 0.3) is 5.91 Å². The molecule has 1 amide bonds.